The van der Waals surface area contributed by atoms with Crippen molar-refractivity contribution in [1.82, 2.24) is 15.1 Å². The molecule has 100 valence electrons. The number of hydrogen-bond acceptors (Lipinski definition) is 2. The lowest BCUT2D eigenvalue weighted by Gasteiger charge is -2.11. The molecule has 0 saturated heterocycles. The highest BCUT2D eigenvalue weighted by atomic mass is 16.2. The van der Waals surface area contributed by atoms with Crippen molar-refractivity contribution in [3.8, 4) is 11.1 Å². The normalized spacial score (nSPS) is 12.1. The first kappa shape index (κ1) is 13.3. The lowest BCUT2D eigenvalue weighted by Crippen LogP contribution is -2.31. The second-order valence-corrected chi connectivity index (χ2v) is 4.54. The molecule has 1 aromatic carbocycles. The lowest BCUT2D eigenvalue weighted by atomic mass is 10.1. The summed E-state index contributed by atoms with van der Waals surface area (Å²) in [6.45, 7) is 4.59. The third-order valence-electron chi connectivity index (χ3n) is 3.03. The van der Waals surface area contributed by atoms with Crippen LogP contribution in [0, 0.1) is 0 Å². The van der Waals surface area contributed by atoms with Gasteiger partial charge in [-0.25, -0.2) is 0 Å². The number of nitrogens with one attached hydrogen (secondary N) is 1. The van der Waals surface area contributed by atoms with Gasteiger partial charge >= 0.3 is 0 Å². The molecular weight excluding hydrogens is 238 g/mol. The van der Waals surface area contributed by atoms with E-state index in [4.69, 9.17) is 0 Å². The predicted molar refractivity (Wildman–Crippen MR) is 75.7 cm³/mol. The molecule has 4 heteroatoms. The van der Waals surface area contributed by atoms with Crippen LogP contribution < -0.4 is 5.32 Å². The number of amides is 1. The Bertz CT molecular complexity index is 533. The van der Waals surface area contributed by atoms with Crippen LogP contribution in [0.2, 0.25) is 0 Å². The van der Waals surface area contributed by atoms with Gasteiger partial charge in [0.2, 0.25) is 5.91 Å². The molecule has 0 spiro atoms. The molecule has 2 aromatic rings. The summed E-state index contributed by atoms with van der Waals surface area (Å²) in [4.78, 5) is 11.9. The van der Waals surface area contributed by atoms with Crippen LogP contribution in [-0.4, -0.2) is 22.2 Å². The molecule has 1 aromatic heterocycles. The third-order valence-corrected chi connectivity index (χ3v) is 3.03. The summed E-state index contributed by atoms with van der Waals surface area (Å²) < 4.78 is 1.70. The van der Waals surface area contributed by atoms with Crippen LogP contribution in [0.1, 0.15) is 26.3 Å². The number of nitrogens with zero attached hydrogens (tertiary/aromatic N) is 2. The van der Waals surface area contributed by atoms with Gasteiger partial charge in [0.05, 0.1) is 6.20 Å². The van der Waals surface area contributed by atoms with Crippen molar-refractivity contribution >= 4 is 5.91 Å². The van der Waals surface area contributed by atoms with Crippen molar-refractivity contribution < 1.29 is 4.79 Å². The molecule has 2 rings (SSSR count). The highest BCUT2D eigenvalue weighted by Gasteiger charge is 2.15. The molecule has 0 aliphatic heterocycles. The average molecular weight is 257 g/mol. The highest BCUT2D eigenvalue weighted by Crippen LogP contribution is 2.19. The summed E-state index contributed by atoms with van der Waals surface area (Å²) in [6, 6.07) is 9.74. The van der Waals surface area contributed by atoms with Crippen molar-refractivity contribution in [3.05, 3.63) is 42.7 Å². The minimum Gasteiger partial charge on any atom is -0.354 e. The monoisotopic (exact) mass is 257 g/mol. The Kier molecular flexibility index (Phi) is 4.34. The van der Waals surface area contributed by atoms with E-state index >= 15 is 0 Å². The van der Waals surface area contributed by atoms with Crippen molar-refractivity contribution in [2.24, 2.45) is 0 Å². The number of carbonyl (C=O) groups excluding carboxylic acids is 1. The molecule has 0 unspecified atom stereocenters. The third kappa shape index (κ3) is 3.22. The van der Waals surface area contributed by atoms with Gasteiger partial charge in [0.15, 0.2) is 0 Å². The molecule has 1 amide bonds. The summed E-state index contributed by atoms with van der Waals surface area (Å²) >= 11 is 0. The van der Waals surface area contributed by atoms with Crippen molar-refractivity contribution in [2.45, 2.75) is 26.3 Å². The Labute approximate surface area is 113 Å². The van der Waals surface area contributed by atoms with Gasteiger partial charge in [0, 0.05) is 18.3 Å². The Morgan fingerprint density at radius 3 is 2.74 bits per heavy atom. The van der Waals surface area contributed by atoms with Crippen LogP contribution in [0.15, 0.2) is 42.7 Å². The van der Waals surface area contributed by atoms with Gasteiger partial charge in [-0.15, -0.1) is 0 Å². The number of hydrogen-bond donors (Lipinski definition) is 1. The van der Waals surface area contributed by atoms with Crippen LogP contribution in [0.4, 0.5) is 0 Å². The van der Waals surface area contributed by atoms with E-state index in [0.717, 1.165) is 17.5 Å². The standard InChI is InChI=1S/C15H19N3O/c1-3-9-16-15(19)12(2)18-11-14(10-17-18)13-7-5-4-6-8-13/h4-8,10-12H,3,9H2,1-2H3,(H,16,19)/t12-/m0/s1. The van der Waals surface area contributed by atoms with E-state index in [0.29, 0.717) is 6.54 Å². The van der Waals surface area contributed by atoms with Gasteiger partial charge in [0.25, 0.3) is 0 Å². The quantitative estimate of drug-likeness (QED) is 0.895. The molecule has 0 saturated carbocycles. The van der Waals surface area contributed by atoms with Crippen molar-refractivity contribution in [3.63, 3.8) is 0 Å². The first-order valence-corrected chi connectivity index (χ1v) is 6.59. The van der Waals surface area contributed by atoms with Gasteiger partial charge in [-0.1, -0.05) is 37.3 Å². The molecule has 0 aliphatic carbocycles. The fourth-order valence-corrected chi connectivity index (χ4v) is 1.85. The number of rotatable bonds is 5. The van der Waals surface area contributed by atoms with Crippen molar-refractivity contribution in [1.29, 1.82) is 0 Å². The van der Waals surface area contributed by atoms with Gasteiger partial charge in [-0.3, -0.25) is 9.48 Å². The van der Waals surface area contributed by atoms with E-state index in [1.165, 1.54) is 0 Å². The van der Waals surface area contributed by atoms with E-state index in [9.17, 15) is 4.79 Å². The fraction of sp³-hybridized carbons (Fsp3) is 0.333. The molecule has 0 fully saturated rings. The van der Waals surface area contributed by atoms with E-state index < -0.39 is 0 Å². The molecule has 4 nitrogen and oxygen atoms in total. The number of benzene rings is 1. The average Bonchev–Trinajstić information content (AvgIpc) is 2.94. The van der Waals surface area contributed by atoms with Crippen LogP contribution in [0.5, 0.6) is 0 Å². The zero-order valence-electron chi connectivity index (χ0n) is 11.3. The summed E-state index contributed by atoms with van der Waals surface area (Å²) in [5.74, 6) is 0.00422. The van der Waals surface area contributed by atoms with E-state index in [-0.39, 0.29) is 11.9 Å². The smallest absolute Gasteiger partial charge is 0.244 e. The molecule has 1 heterocycles. The van der Waals surface area contributed by atoms with Gasteiger partial charge in [-0.05, 0) is 18.9 Å². The van der Waals surface area contributed by atoms with Gasteiger partial charge in [-0.2, -0.15) is 5.10 Å². The van der Waals surface area contributed by atoms with Crippen LogP contribution in [0.3, 0.4) is 0 Å². The summed E-state index contributed by atoms with van der Waals surface area (Å²) in [6.07, 6.45) is 4.64. The summed E-state index contributed by atoms with van der Waals surface area (Å²) in [7, 11) is 0. The molecule has 19 heavy (non-hydrogen) atoms. The van der Waals surface area contributed by atoms with Gasteiger partial charge in [0.1, 0.15) is 6.04 Å². The molecular formula is C15H19N3O. The predicted octanol–water partition coefficient (Wildman–Crippen LogP) is 2.64. The Morgan fingerprint density at radius 2 is 2.05 bits per heavy atom. The zero-order valence-corrected chi connectivity index (χ0v) is 11.3. The first-order valence-electron chi connectivity index (χ1n) is 6.59. The van der Waals surface area contributed by atoms with Crippen LogP contribution in [0.25, 0.3) is 11.1 Å². The first-order chi connectivity index (χ1) is 9.22. The largest absolute Gasteiger partial charge is 0.354 e. The molecule has 1 atom stereocenters. The maximum atomic E-state index is 11.9. The Morgan fingerprint density at radius 1 is 1.32 bits per heavy atom. The summed E-state index contributed by atoms with van der Waals surface area (Å²) in [5.41, 5.74) is 2.13. The second kappa shape index (κ2) is 6.18. The topological polar surface area (TPSA) is 46.9 Å². The zero-order chi connectivity index (χ0) is 13.7. The minimum atomic E-state index is -0.288. The SMILES string of the molecule is CCCNC(=O)[C@H](C)n1cc(-c2ccccc2)cn1. The van der Waals surface area contributed by atoms with Crippen LogP contribution in [-0.2, 0) is 4.79 Å². The molecule has 0 bridgehead atoms. The minimum absolute atomic E-state index is 0.00422. The van der Waals surface area contributed by atoms with E-state index in [1.807, 2.05) is 50.4 Å². The highest BCUT2D eigenvalue weighted by molar-refractivity contribution is 5.79. The van der Waals surface area contributed by atoms with Crippen LogP contribution >= 0.6 is 0 Å². The Balaban J connectivity index is 2.11. The maximum Gasteiger partial charge on any atom is 0.244 e. The number of carbonyl (C=O) groups is 1. The molecule has 0 aliphatic rings. The Hall–Kier alpha value is -2.10. The summed E-state index contributed by atoms with van der Waals surface area (Å²) in [5, 5.41) is 7.16. The van der Waals surface area contributed by atoms with E-state index in [2.05, 4.69) is 10.4 Å². The lowest BCUT2D eigenvalue weighted by molar-refractivity contribution is -0.124. The van der Waals surface area contributed by atoms with E-state index in [1.54, 1.807) is 10.9 Å². The second-order valence-electron chi connectivity index (χ2n) is 4.54. The van der Waals surface area contributed by atoms with Crippen molar-refractivity contribution in [2.75, 3.05) is 6.54 Å². The molecule has 1 N–H and O–H groups in total. The number of aromatic nitrogens is 2. The maximum absolute atomic E-state index is 11.9. The van der Waals surface area contributed by atoms with Gasteiger partial charge < -0.3 is 5.32 Å². The fourth-order valence-electron chi connectivity index (χ4n) is 1.85. The molecule has 0 radical (unpaired) electrons.